The van der Waals surface area contributed by atoms with Gasteiger partial charge in [-0.25, -0.2) is 13.1 Å². The van der Waals surface area contributed by atoms with Gasteiger partial charge in [0.2, 0.25) is 10.0 Å². The van der Waals surface area contributed by atoms with Gasteiger partial charge in [0.25, 0.3) is 5.91 Å². The molecule has 0 bridgehead atoms. The van der Waals surface area contributed by atoms with Gasteiger partial charge < -0.3 is 4.90 Å². The minimum Gasteiger partial charge on any atom is -0.338 e. The van der Waals surface area contributed by atoms with E-state index in [4.69, 9.17) is 0 Å². The first kappa shape index (κ1) is 17.8. The third-order valence-corrected chi connectivity index (χ3v) is 6.11. The molecule has 1 aliphatic heterocycles. The summed E-state index contributed by atoms with van der Waals surface area (Å²) in [7, 11) is -3.20. The number of nitrogens with zero attached hydrogens (tertiary/aromatic N) is 2. The number of hydrogen-bond donors (Lipinski definition) is 1. The summed E-state index contributed by atoms with van der Waals surface area (Å²) in [4.78, 5) is 19.2. The maximum atomic E-state index is 12.9. The van der Waals surface area contributed by atoms with Crippen LogP contribution < -0.4 is 4.72 Å². The molecular formula is C18H23N3O3S. The summed E-state index contributed by atoms with van der Waals surface area (Å²) in [5.74, 6) is 0.0428. The monoisotopic (exact) mass is 361 g/mol. The molecule has 1 aliphatic rings. The van der Waals surface area contributed by atoms with Crippen molar-refractivity contribution in [2.24, 2.45) is 0 Å². The van der Waals surface area contributed by atoms with Crippen LogP contribution in [0.5, 0.6) is 0 Å². The van der Waals surface area contributed by atoms with Crippen LogP contribution in [0, 0.1) is 6.92 Å². The van der Waals surface area contributed by atoms with Crippen LogP contribution in [-0.2, 0) is 10.0 Å². The zero-order chi connectivity index (χ0) is 18.0. The van der Waals surface area contributed by atoms with Gasteiger partial charge >= 0.3 is 0 Å². The second kappa shape index (κ2) is 7.09. The zero-order valence-corrected chi connectivity index (χ0v) is 15.3. The van der Waals surface area contributed by atoms with E-state index in [0.29, 0.717) is 31.5 Å². The molecule has 1 amide bonds. The Hall–Kier alpha value is -1.99. The van der Waals surface area contributed by atoms with Gasteiger partial charge in [0.15, 0.2) is 0 Å². The lowest BCUT2D eigenvalue weighted by molar-refractivity contribution is 0.0710. The molecule has 1 fully saturated rings. The molecule has 2 heterocycles. The van der Waals surface area contributed by atoms with Crippen LogP contribution in [0.3, 0.4) is 0 Å². The lowest BCUT2D eigenvalue weighted by Crippen LogP contribution is -2.47. The zero-order valence-electron chi connectivity index (χ0n) is 14.5. The van der Waals surface area contributed by atoms with E-state index in [-0.39, 0.29) is 17.7 Å². The number of carbonyl (C=O) groups is 1. The lowest BCUT2D eigenvalue weighted by Gasteiger charge is -2.32. The van der Waals surface area contributed by atoms with Gasteiger partial charge in [0, 0.05) is 24.5 Å². The van der Waals surface area contributed by atoms with Crippen LogP contribution >= 0.6 is 0 Å². The van der Waals surface area contributed by atoms with Crippen molar-refractivity contribution in [1.29, 1.82) is 0 Å². The fourth-order valence-corrected chi connectivity index (χ4v) is 4.05. The third kappa shape index (κ3) is 3.99. The van der Waals surface area contributed by atoms with Gasteiger partial charge in [-0.1, -0.05) is 18.2 Å². The minimum absolute atomic E-state index is 0.0347. The van der Waals surface area contributed by atoms with E-state index in [1.54, 1.807) is 11.8 Å². The summed E-state index contributed by atoms with van der Waals surface area (Å²) in [6.07, 6.45) is 1.26. The van der Waals surface area contributed by atoms with E-state index in [1.165, 1.54) is 0 Å². The van der Waals surface area contributed by atoms with Gasteiger partial charge in [0.05, 0.1) is 22.5 Å². The maximum Gasteiger partial charge on any atom is 0.255 e. The predicted molar refractivity (Wildman–Crippen MR) is 98.0 cm³/mol. The van der Waals surface area contributed by atoms with Crippen molar-refractivity contribution in [3.05, 3.63) is 41.6 Å². The van der Waals surface area contributed by atoms with Crippen molar-refractivity contribution in [3.63, 3.8) is 0 Å². The van der Waals surface area contributed by atoms with Crippen LogP contribution in [0.1, 0.15) is 35.8 Å². The molecule has 0 spiro atoms. The summed E-state index contributed by atoms with van der Waals surface area (Å²) < 4.78 is 26.0. The van der Waals surface area contributed by atoms with E-state index in [1.807, 2.05) is 37.3 Å². The van der Waals surface area contributed by atoms with Crippen molar-refractivity contribution in [3.8, 4) is 0 Å². The molecule has 7 heteroatoms. The first-order chi connectivity index (χ1) is 11.9. The number of rotatable bonds is 4. The number of hydrogen-bond acceptors (Lipinski definition) is 4. The van der Waals surface area contributed by atoms with Crippen molar-refractivity contribution in [2.45, 2.75) is 32.7 Å². The average molecular weight is 361 g/mol. The summed E-state index contributed by atoms with van der Waals surface area (Å²) >= 11 is 0. The smallest absolute Gasteiger partial charge is 0.255 e. The second-order valence-corrected chi connectivity index (χ2v) is 8.44. The van der Waals surface area contributed by atoms with E-state index in [0.717, 1.165) is 16.6 Å². The molecule has 6 nitrogen and oxygen atoms in total. The van der Waals surface area contributed by atoms with Crippen molar-refractivity contribution in [1.82, 2.24) is 14.6 Å². The molecule has 0 radical (unpaired) electrons. The molecule has 1 aromatic heterocycles. The van der Waals surface area contributed by atoms with E-state index in [2.05, 4.69) is 9.71 Å². The lowest BCUT2D eigenvalue weighted by atomic mass is 10.0. The molecule has 2 aromatic rings. The molecule has 1 saturated heterocycles. The summed E-state index contributed by atoms with van der Waals surface area (Å²) in [6, 6.07) is 9.54. The van der Waals surface area contributed by atoms with Gasteiger partial charge in [0.1, 0.15) is 0 Å². The molecule has 0 atom stereocenters. The Morgan fingerprint density at radius 3 is 2.64 bits per heavy atom. The number of piperidine rings is 1. The Labute approximate surface area is 148 Å². The Balaban J connectivity index is 1.72. The standard InChI is InChI=1S/C18H23N3O3S/c1-3-25(23,24)20-15-8-10-21(11-9-15)18(22)16-12-14-6-4-5-7-17(14)19-13(16)2/h4-7,12,15,20H,3,8-11H2,1-2H3. The Morgan fingerprint density at radius 1 is 1.28 bits per heavy atom. The minimum atomic E-state index is -3.20. The highest BCUT2D eigenvalue weighted by atomic mass is 32.2. The van der Waals surface area contributed by atoms with Crippen molar-refractivity contribution >= 4 is 26.8 Å². The number of nitrogens with one attached hydrogen (secondary N) is 1. The molecule has 0 aliphatic carbocycles. The number of para-hydroxylation sites is 1. The number of aromatic nitrogens is 1. The average Bonchev–Trinajstić information content (AvgIpc) is 2.61. The molecule has 1 aromatic carbocycles. The van der Waals surface area contributed by atoms with Crippen LogP contribution in [0.25, 0.3) is 10.9 Å². The van der Waals surface area contributed by atoms with Crippen LogP contribution in [0.4, 0.5) is 0 Å². The summed E-state index contributed by atoms with van der Waals surface area (Å²) in [5, 5.41) is 0.946. The molecule has 1 N–H and O–H groups in total. The number of benzene rings is 1. The van der Waals surface area contributed by atoms with Crippen LogP contribution in [0.15, 0.2) is 30.3 Å². The normalized spacial score (nSPS) is 16.3. The molecule has 134 valence electrons. The summed E-state index contributed by atoms with van der Waals surface area (Å²) in [6.45, 7) is 4.56. The Kier molecular flexibility index (Phi) is 5.06. The highest BCUT2D eigenvalue weighted by Gasteiger charge is 2.27. The Morgan fingerprint density at radius 2 is 1.96 bits per heavy atom. The number of aryl methyl sites for hydroxylation is 1. The second-order valence-electron chi connectivity index (χ2n) is 6.40. The largest absolute Gasteiger partial charge is 0.338 e. The van der Waals surface area contributed by atoms with E-state index < -0.39 is 10.0 Å². The van der Waals surface area contributed by atoms with Crippen molar-refractivity contribution in [2.75, 3.05) is 18.8 Å². The quantitative estimate of drug-likeness (QED) is 0.904. The maximum absolute atomic E-state index is 12.9. The number of pyridine rings is 1. The number of carbonyl (C=O) groups excluding carboxylic acids is 1. The van der Waals surface area contributed by atoms with Gasteiger partial charge in [-0.2, -0.15) is 0 Å². The third-order valence-electron chi connectivity index (χ3n) is 4.65. The topological polar surface area (TPSA) is 79.4 Å². The number of likely N-dealkylation sites (tertiary alicyclic amines) is 1. The highest BCUT2D eigenvalue weighted by molar-refractivity contribution is 7.89. The van der Waals surface area contributed by atoms with Gasteiger partial charge in [-0.15, -0.1) is 0 Å². The first-order valence-electron chi connectivity index (χ1n) is 8.55. The first-order valence-corrected chi connectivity index (χ1v) is 10.2. The van der Waals surface area contributed by atoms with Crippen LogP contribution in [-0.4, -0.2) is 49.1 Å². The fourth-order valence-electron chi connectivity index (χ4n) is 3.14. The Bertz CT molecular complexity index is 888. The van der Waals surface area contributed by atoms with Crippen molar-refractivity contribution < 1.29 is 13.2 Å². The molecular weight excluding hydrogens is 338 g/mol. The van der Waals surface area contributed by atoms with Gasteiger partial charge in [-0.05, 0) is 38.8 Å². The molecule has 3 rings (SSSR count). The highest BCUT2D eigenvalue weighted by Crippen LogP contribution is 2.20. The molecule has 0 unspecified atom stereocenters. The predicted octanol–water partition coefficient (Wildman–Crippen LogP) is 2.09. The van der Waals surface area contributed by atoms with E-state index >= 15 is 0 Å². The van der Waals surface area contributed by atoms with Crippen LogP contribution in [0.2, 0.25) is 0 Å². The number of amides is 1. The fraction of sp³-hybridized carbons (Fsp3) is 0.444. The van der Waals surface area contributed by atoms with E-state index in [9.17, 15) is 13.2 Å². The molecule has 25 heavy (non-hydrogen) atoms. The summed E-state index contributed by atoms with van der Waals surface area (Å²) in [5.41, 5.74) is 2.22. The number of sulfonamides is 1. The molecule has 0 saturated carbocycles. The van der Waals surface area contributed by atoms with Gasteiger partial charge in [-0.3, -0.25) is 9.78 Å². The number of fused-ring (bicyclic) bond motifs is 1. The SMILES string of the molecule is CCS(=O)(=O)NC1CCN(C(=O)c2cc3ccccc3nc2C)CC1.